The monoisotopic (exact) mass is 229 g/mol. The smallest absolute Gasteiger partial charge is 0.234 e. The molecule has 0 N–H and O–H groups in total. The Morgan fingerprint density at radius 3 is 2.82 bits per heavy atom. The number of Topliss-reactive ketones (excluding diaryl/α,β-unsaturated/α-hetero) is 1. The Morgan fingerprint density at radius 2 is 2.12 bits per heavy atom. The zero-order valence-electron chi connectivity index (χ0n) is 9.38. The molecular weight excluding hydrogens is 218 g/mol. The second-order valence-electron chi connectivity index (χ2n) is 4.21. The summed E-state index contributed by atoms with van der Waals surface area (Å²) in [7, 11) is 1.87. The van der Waals surface area contributed by atoms with Gasteiger partial charge < -0.3 is 4.90 Å². The molecular formula is C12H11N3O2. The van der Waals surface area contributed by atoms with Crippen molar-refractivity contribution < 1.29 is 9.59 Å². The van der Waals surface area contributed by atoms with Crippen molar-refractivity contribution >= 4 is 28.3 Å². The summed E-state index contributed by atoms with van der Waals surface area (Å²) >= 11 is 0. The summed E-state index contributed by atoms with van der Waals surface area (Å²) in [6.07, 6.45) is 1.77. The van der Waals surface area contributed by atoms with Gasteiger partial charge in [-0.2, -0.15) is 5.10 Å². The van der Waals surface area contributed by atoms with E-state index in [-0.39, 0.29) is 24.7 Å². The molecule has 1 aromatic heterocycles. The van der Waals surface area contributed by atoms with Gasteiger partial charge in [0, 0.05) is 18.1 Å². The lowest BCUT2D eigenvalue weighted by Gasteiger charge is -2.14. The van der Waals surface area contributed by atoms with Gasteiger partial charge in [-0.05, 0) is 18.2 Å². The van der Waals surface area contributed by atoms with E-state index in [1.54, 1.807) is 10.9 Å². The van der Waals surface area contributed by atoms with Gasteiger partial charge in [-0.1, -0.05) is 0 Å². The number of hydrogen-bond donors (Lipinski definition) is 0. The standard InChI is InChI=1S/C12H11N3O2/c1-14-11-3-2-9(4-8(11)6-13-14)15-7-10(16)5-12(15)17/h2-4,6H,5,7H2,1H3. The van der Waals surface area contributed by atoms with Gasteiger partial charge >= 0.3 is 0 Å². The van der Waals surface area contributed by atoms with Crippen LogP contribution in [0.25, 0.3) is 10.9 Å². The van der Waals surface area contributed by atoms with Crippen LogP contribution in [0.2, 0.25) is 0 Å². The normalized spacial score (nSPS) is 16.2. The molecule has 1 aliphatic heterocycles. The Balaban J connectivity index is 2.06. The van der Waals surface area contributed by atoms with Gasteiger partial charge in [0.15, 0.2) is 5.78 Å². The molecule has 5 nitrogen and oxygen atoms in total. The highest BCUT2D eigenvalue weighted by Gasteiger charge is 2.28. The fourth-order valence-corrected chi connectivity index (χ4v) is 2.14. The molecule has 1 fully saturated rings. The topological polar surface area (TPSA) is 55.2 Å². The average Bonchev–Trinajstić information content (AvgIpc) is 2.82. The minimum atomic E-state index is -0.127. The maximum Gasteiger partial charge on any atom is 0.234 e. The minimum Gasteiger partial charge on any atom is -0.305 e. The number of fused-ring (bicyclic) bond motifs is 1. The molecule has 1 saturated heterocycles. The van der Waals surface area contributed by atoms with Gasteiger partial charge in [0.2, 0.25) is 5.91 Å². The van der Waals surface area contributed by atoms with Crippen LogP contribution in [-0.2, 0) is 16.6 Å². The summed E-state index contributed by atoms with van der Waals surface area (Å²) < 4.78 is 1.77. The minimum absolute atomic E-state index is 0.0189. The van der Waals surface area contributed by atoms with E-state index in [2.05, 4.69) is 5.10 Å². The average molecular weight is 229 g/mol. The van der Waals surface area contributed by atoms with Crippen molar-refractivity contribution in [2.75, 3.05) is 11.4 Å². The summed E-state index contributed by atoms with van der Waals surface area (Å²) in [6.45, 7) is 0.185. The number of amides is 1. The van der Waals surface area contributed by atoms with Gasteiger partial charge in [0.05, 0.1) is 24.7 Å². The molecule has 1 amide bonds. The number of carbonyl (C=O) groups is 2. The molecule has 5 heteroatoms. The second kappa shape index (κ2) is 3.41. The Kier molecular flexibility index (Phi) is 2.01. The number of nitrogens with zero attached hydrogens (tertiary/aromatic N) is 3. The highest BCUT2D eigenvalue weighted by molar-refractivity contribution is 6.15. The molecule has 0 spiro atoms. The third-order valence-corrected chi connectivity index (χ3v) is 3.03. The van der Waals surface area contributed by atoms with Crippen LogP contribution in [0, 0.1) is 0 Å². The van der Waals surface area contributed by atoms with E-state index in [1.807, 2.05) is 25.2 Å². The van der Waals surface area contributed by atoms with E-state index >= 15 is 0 Å². The third-order valence-electron chi connectivity index (χ3n) is 3.03. The maximum absolute atomic E-state index is 11.6. The van der Waals surface area contributed by atoms with Crippen molar-refractivity contribution in [2.45, 2.75) is 6.42 Å². The largest absolute Gasteiger partial charge is 0.305 e. The van der Waals surface area contributed by atoms with Gasteiger partial charge in [0.1, 0.15) is 0 Å². The highest BCUT2D eigenvalue weighted by Crippen LogP contribution is 2.24. The van der Waals surface area contributed by atoms with E-state index in [1.165, 1.54) is 4.90 Å². The van der Waals surface area contributed by atoms with Gasteiger partial charge in [-0.25, -0.2) is 0 Å². The van der Waals surface area contributed by atoms with Crippen LogP contribution in [0.4, 0.5) is 5.69 Å². The fraction of sp³-hybridized carbons (Fsp3) is 0.250. The van der Waals surface area contributed by atoms with Crippen molar-refractivity contribution in [1.29, 1.82) is 0 Å². The molecule has 0 aliphatic carbocycles. The van der Waals surface area contributed by atoms with Gasteiger partial charge in [-0.15, -0.1) is 0 Å². The molecule has 2 aromatic rings. The van der Waals surface area contributed by atoms with Crippen LogP contribution in [-0.4, -0.2) is 28.0 Å². The molecule has 3 rings (SSSR count). The predicted molar refractivity (Wildman–Crippen MR) is 62.7 cm³/mol. The summed E-state index contributed by atoms with van der Waals surface area (Å²) in [6, 6.07) is 5.65. The molecule has 0 atom stereocenters. The van der Waals surface area contributed by atoms with E-state index in [0.717, 1.165) is 16.6 Å². The molecule has 0 radical (unpaired) electrons. The van der Waals surface area contributed by atoms with Crippen LogP contribution in [0.1, 0.15) is 6.42 Å². The summed E-state index contributed by atoms with van der Waals surface area (Å²) in [5, 5.41) is 5.11. The lowest BCUT2D eigenvalue weighted by Crippen LogP contribution is -2.24. The van der Waals surface area contributed by atoms with Crippen LogP contribution in [0.3, 0.4) is 0 Å². The molecule has 1 aromatic carbocycles. The molecule has 1 aliphatic rings. The zero-order valence-corrected chi connectivity index (χ0v) is 9.38. The predicted octanol–water partition coefficient (Wildman–Crippen LogP) is 0.879. The summed E-state index contributed by atoms with van der Waals surface area (Å²) in [4.78, 5) is 24.4. The zero-order chi connectivity index (χ0) is 12.0. The number of rotatable bonds is 1. The van der Waals surface area contributed by atoms with Crippen molar-refractivity contribution in [3.05, 3.63) is 24.4 Å². The van der Waals surface area contributed by atoms with E-state index in [9.17, 15) is 9.59 Å². The first kappa shape index (κ1) is 10.0. The SMILES string of the molecule is Cn1ncc2cc(N3CC(=O)CC3=O)ccc21. The van der Waals surface area contributed by atoms with E-state index in [0.29, 0.717) is 0 Å². The Morgan fingerprint density at radius 1 is 1.29 bits per heavy atom. The Bertz CT molecular complexity index is 630. The number of aryl methyl sites for hydroxylation is 1. The first-order valence-electron chi connectivity index (χ1n) is 5.39. The fourth-order valence-electron chi connectivity index (χ4n) is 2.14. The number of hydrogen-bond acceptors (Lipinski definition) is 3. The number of anilines is 1. The summed E-state index contributed by atoms with van der Waals surface area (Å²) in [5.74, 6) is -0.153. The molecule has 17 heavy (non-hydrogen) atoms. The number of benzene rings is 1. The molecule has 2 heterocycles. The maximum atomic E-state index is 11.6. The third kappa shape index (κ3) is 1.51. The number of aromatic nitrogens is 2. The van der Waals surface area contributed by atoms with Crippen LogP contribution >= 0.6 is 0 Å². The van der Waals surface area contributed by atoms with Crippen LogP contribution < -0.4 is 4.90 Å². The van der Waals surface area contributed by atoms with Crippen LogP contribution in [0.15, 0.2) is 24.4 Å². The van der Waals surface area contributed by atoms with E-state index < -0.39 is 0 Å². The highest BCUT2D eigenvalue weighted by atomic mass is 16.2. The molecule has 0 saturated carbocycles. The first-order valence-corrected chi connectivity index (χ1v) is 5.39. The van der Waals surface area contributed by atoms with Crippen molar-refractivity contribution in [3.8, 4) is 0 Å². The molecule has 0 unspecified atom stereocenters. The first-order chi connectivity index (χ1) is 8.15. The summed E-state index contributed by atoms with van der Waals surface area (Å²) in [5.41, 5.74) is 1.77. The van der Waals surface area contributed by atoms with Crippen molar-refractivity contribution in [2.24, 2.45) is 7.05 Å². The molecule has 86 valence electrons. The quantitative estimate of drug-likeness (QED) is 0.682. The lowest BCUT2D eigenvalue weighted by molar-refractivity contribution is -0.121. The van der Waals surface area contributed by atoms with Crippen molar-refractivity contribution in [1.82, 2.24) is 9.78 Å². The van der Waals surface area contributed by atoms with Crippen LogP contribution in [0.5, 0.6) is 0 Å². The van der Waals surface area contributed by atoms with Crippen molar-refractivity contribution in [3.63, 3.8) is 0 Å². The number of carbonyl (C=O) groups excluding carboxylic acids is 2. The van der Waals surface area contributed by atoms with Gasteiger partial charge in [0.25, 0.3) is 0 Å². The van der Waals surface area contributed by atoms with Gasteiger partial charge in [-0.3, -0.25) is 14.3 Å². The second-order valence-corrected chi connectivity index (χ2v) is 4.21. The van der Waals surface area contributed by atoms with E-state index in [4.69, 9.17) is 0 Å². The Hall–Kier alpha value is -2.17. The lowest BCUT2D eigenvalue weighted by atomic mass is 10.2. The Labute approximate surface area is 97.6 Å². The molecule has 0 bridgehead atoms. The number of ketones is 1.